The molecule has 3 aromatic rings. The minimum Gasteiger partial charge on any atom is -0.404 e. The number of nitrogens with two attached hydrogens (primary N) is 1. The average molecular weight is 758 g/mol. The van der Waals surface area contributed by atoms with Gasteiger partial charge in [-0.05, 0) is 60.4 Å². The van der Waals surface area contributed by atoms with Crippen LogP contribution in [-0.2, 0) is 17.4 Å². The van der Waals surface area contributed by atoms with E-state index in [0.29, 0.717) is 12.8 Å². The summed E-state index contributed by atoms with van der Waals surface area (Å²) in [6.45, 7) is 1.84. The van der Waals surface area contributed by atoms with Crippen molar-refractivity contribution in [2.75, 3.05) is 10.6 Å². The highest BCUT2D eigenvalue weighted by Crippen LogP contribution is 2.65. The van der Waals surface area contributed by atoms with E-state index in [-0.39, 0.29) is 38.3 Å². The maximum atomic E-state index is 15.3. The van der Waals surface area contributed by atoms with Gasteiger partial charge in [-0.25, -0.2) is 13.6 Å². The summed E-state index contributed by atoms with van der Waals surface area (Å²) in [6.07, 6.45) is -4.84. The van der Waals surface area contributed by atoms with Crippen LogP contribution in [0.1, 0.15) is 52.7 Å². The highest BCUT2D eigenvalue weighted by atomic mass is 79.9. The van der Waals surface area contributed by atoms with Gasteiger partial charge in [0.1, 0.15) is 4.33 Å². The van der Waals surface area contributed by atoms with Gasteiger partial charge in [-0.1, -0.05) is 46.9 Å². The quantitative estimate of drug-likeness (QED) is 0.150. The van der Waals surface area contributed by atoms with Gasteiger partial charge < -0.3 is 21.1 Å². The fraction of sp³-hybridized carbons (Fsp3) is 0.276. The number of anilines is 2. The number of unbranched alkanes of at least 4 members (excludes halogenated alkanes) is 1. The maximum Gasteiger partial charge on any atom is 0.417 e. The summed E-state index contributed by atoms with van der Waals surface area (Å²) in [6, 6.07) is 8.07. The third kappa shape index (κ3) is 7.48. The molecule has 0 spiro atoms. The second kappa shape index (κ2) is 13.3. The van der Waals surface area contributed by atoms with Crippen molar-refractivity contribution in [1.29, 1.82) is 0 Å². The third-order valence-corrected chi connectivity index (χ3v) is 8.93. The van der Waals surface area contributed by atoms with Crippen LogP contribution >= 0.6 is 50.7 Å². The molecule has 1 aliphatic carbocycles. The Balaban J connectivity index is 1.58. The van der Waals surface area contributed by atoms with Crippen LogP contribution in [0.25, 0.3) is 0 Å². The lowest BCUT2D eigenvalue weighted by molar-refractivity contribution is -0.138. The average Bonchev–Trinajstić information content (AvgIpc) is 3.53. The highest BCUT2D eigenvalue weighted by molar-refractivity contribution is 9.10. The van der Waals surface area contributed by atoms with Crippen molar-refractivity contribution in [2.24, 2.45) is 11.7 Å². The van der Waals surface area contributed by atoms with Gasteiger partial charge >= 0.3 is 12.3 Å². The van der Waals surface area contributed by atoms with Crippen LogP contribution in [0.3, 0.4) is 0 Å². The van der Waals surface area contributed by atoms with Gasteiger partial charge in [0.05, 0.1) is 27.8 Å². The van der Waals surface area contributed by atoms with Crippen molar-refractivity contribution < 1.29 is 41.1 Å². The molecule has 16 heteroatoms. The zero-order valence-corrected chi connectivity index (χ0v) is 26.8. The summed E-state index contributed by atoms with van der Waals surface area (Å²) in [5, 5.41) is 4.72. The largest absolute Gasteiger partial charge is 0.417 e. The monoisotopic (exact) mass is 755 g/mol. The van der Waals surface area contributed by atoms with Crippen molar-refractivity contribution in [1.82, 2.24) is 0 Å². The predicted molar refractivity (Wildman–Crippen MR) is 163 cm³/mol. The SMILES string of the molecule is CCCCc1cc(F)c(OC(N)=O)c(F)c1NC(=O)c1cc(NC(=O)[C@H]2[C@H](c3ccc(Br)c(C(F)(F)F)c3)C2(Cl)Cl)ccc1Cl. The van der Waals surface area contributed by atoms with Crippen LogP contribution in [0.4, 0.5) is 38.1 Å². The van der Waals surface area contributed by atoms with Crippen molar-refractivity contribution in [3.8, 4) is 5.75 Å². The van der Waals surface area contributed by atoms with Crippen molar-refractivity contribution in [3.63, 3.8) is 0 Å². The molecule has 0 heterocycles. The first-order valence-corrected chi connectivity index (χ1v) is 15.0. The lowest BCUT2D eigenvalue weighted by atomic mass is 10.0. The number of amides is 3. The van der Waals surface area contributed by atoms with Crippen LogP contribution in [0, 0.1) is 17.6 Å². The molecule has 1 saturated carbocycles. The number of carbonyl (C=O) groups excluding carboxylic acids is 3. The van der Waals surface area contributed by atoms with Gasteiger partial charge in [0, 0.05) is 16.1 Å². The number of alkyl halides is 5. The maximum absolute atomic E-state index is 15.3. The molecular weight excluding hydrogens is 736 g/mol. The van der Waals surface area contributed by atoms with Crippen LogP contribution in [-0.4, -0.2) is 22.2 Å². The number of halogens is 9. The molecule has 0 aliphatic heterocycles. The summed E-state index contributed by atoms with van der Waals surface area (Å²) in [4.78, 5) is 37.6. The first kappa shape index (κ1) is 34.7. The Bertz CT molecular complexity index is 1690. The Morgan fingerprint density at radius 3 is 2.38 bits per heavy atom. The number of primary amides is 1. The molecule has 1 fully saturated rings. The van der Waals surface area contributed by atoms with Crippen LogP contribution in [0.5, 0.6) is 5.75 Å². The summed E-state index contributed by atoms with van der Waals surface area (Å²) in [5.74, 6) is -7.55. The number of ether oxygens (including phenoxy) is 1. The van der Waals surface area contributed by atoms with E-state index in [9.17, 15) is 31.9 Å². The molecule has 45 heavy (non-hydrogen) atoms. The Hall–Kier alpha value is -3.13. The Morgan fingerprint density at radius 2 is 1.76 bits per heavy atom. The van der Waals surface area contributed by atoms with E-state index in [1.807, 2.05) is 6.92 Å². The lowest BCUT2D eigenvalue weighted by Crippen LogP contribution is -2.21. The minimum atomic E-state index is -4.67. The number of rotatable bonds is 9. The molecule has 4 N–H and O–H groups in total. The van der Waals surface area contributed by atoms with E-state index in [4.69, 9.17) is 40.5 Å². The Kier molecular flexibility index (Phi) is 10.3. The summed E-state index contributed by atoms with van der Waals surface area (Å²) >= 11 is 21.7. The van der Waals surface area contributed by atoms with E-state index in [0.717, 1.165) is 18.2 Å². The summed E-state index contributed by atoms with van der Waals surface area (Å²) in [7, 11) is 0. The predicted octanol–water partition coefficient (Wildman–Crippen LogP) is 8.98. The molecule has 3 aromatic carbocycles. The zero-order chi connectivity index (χ0) is 33.4. The molecular formula is C29H22BrCl3F5N3O4. The normalized spacial score (nSPS) is 17.0. The molecule has 0 unspecified atom stereocenters. The summed E-state index contributed by atoms with van der Waals surface area (Å²) in [5.41, 5.74) is 3.42. The molecule has 0 aromatic heterocycles. The van der Waals surface area contributed by atoms with Gasteiger partial charge in [0.2, 0.25) is 11.7 Å². The fourth-order valence-electron chi connectivity index (χ4n) is 4.74. The molecule has 240 valence electrons. The van der Waals surface area contributed by atoms with E-state index in [2.05, 4.69) is 31.3 Å². The van der Waals surface area contributed by atoms with Crippen LogP contribution in [0.15, 0.2) is 46.9 Å². The molecule has 2 atom stereocenters. The zero-order valence-electron chi connectivity index (χ0n) is 22.9. The first-order valence-electron chi connectivity index (χ1n) is 13.1. The molecule has 0 bridgehead atoms. The van der Waals surface area contributed by atoms with Gasteiger partial charge in [-0.15, -0.1) is 23.2 Å². The van der Waals surface area contributed by atoms with E-state index >= 15 is 4.39 Å². The second-order valence-corrected chi connectivity index (χ2v) is 12.8. The highest BCUT2D eigenvalue weighted by Gasteiger charge is 2.67. The van der Waals surface area contributed by atoms with E-state index in [1.165, 1.54) is 24.3 Å². The lowest BCUT2D eigenvalue weighted by Gasteiger charge is -2.16. The molecule has 0 radical (unpaired) electrons. The molecule has 0 saturated heterocycles. The number of carbonyl (C=O) groups is 3. The smallest absolute Gasteiger partial charge is 0.404 e. The Labute approximate surface area is 276 Å². The Morgan fingerprint density at radius 1 is 1.07 bits per heavy atom. The molecule has 7 nitrogen and oxygen atoms in total. The summed E-state index contributed by atoms with van der Waals surface area (Å²) < 4.78 is 72.6. The third-order valence-electron chi connectivity index (χ3n) is 6.97. The van der Waals surface area contributed by atoms with Gasteiger partial charge in [0.15, 0.2) is 11.6 Å². The number of benzene rings is 3. The molecule has 4 rings (SSSR count). The molecule has 3 amide bonds. The minimum absolute atomic E-state index is 0.0275. The fourth-order valence-corrected chi connectivity index (χ4v) is 6.25. The van der Waals surface area contributed by atoms with Crippen molar-refractivity contribution in [3.05, 3.63) is 85.8 Å². The van der Waals surface area contributed by atoms with Crippen LogP contribution in [0.2, 0.25) is 5.02 Å². The second-order valence-electron chi connectivity index (χ2n) is 10.1. The van der Waals surface area contributed by atoms with Gasteiger partial charge in [-0.3, -0.25) is 9.59 Å². The standard InChI is InChI=1S/C29H22BrCl3F5N3O4/c1-2-3-4-13-10-19(34)24(45-27(39)44)22(35)23(13)41-25(42)15-11-14(6-8-18(15)31)40-26(43)21-20(28(21,32)33)12-5-7-17(30)16(9-12)29(36,37)38/h5-11,20-21H,2-4H2,1H3,(H2,39,44)(H,40,43)(H,41,42)/t20-,21+/m0/s1. The van der Waals surface area contributed by atoms with Crippen LogP contribution < -0.4 is 21.1 Å². The first-order chi connectivity index (χ1) is 21.0. The van der Waals surface area contributed by atoms with Gasteiger partial charge in [-0.2, -0.15) is 13.2 Å². The van der Waals surface area contributed by atoms with Gasteiger partial charge in [0.25, 0.3) is 5.91 Å². The molecule has 1 aliphatic rings. The van der Waals surface area contributed by atoms with E-state index < -0.39 is 68.9 Å². The number of hydrogen-bond acceptors (Lipinski definition) is 4. The number of aryl methyl sites for hydroxylation is 1. The van der Waals surface area contributed by atoms with E-state index in [1.54, 1.807) is 0 Å². The van der Waals surface area contributed by atoms with Crippen molar-refractivity contribution in [2.45, 2.75) is 42.6 Å². The van der Waals surface area contributed by atoms with Crippen molar-refractivity contribution >= 4 is 80.0 Å². The number of nitrogens with one attached hydrogen (secondary N) is 2. The number of hydrogen-bond donors (Lipinski definition) is 3. The topological polar surface area (TPSA) is 111 Å².